The lowest BCUT2D eigenvalue weighted by Crippen LogP contribution is -2.05. The van der Waals surface area contributed by atoms with E-state index in [0.717, 1.165) is 22.4 Å². The van der Waals surface area contributed by atoms with Crippen LogP contribution in [-0.4, -0.2) is 18.1 Å². The lowest BCUT2D eigenvalue weighted by molar-refractivity contribution is -0.131. The molecule has 0 aliphatic carbocycles. The molecule has 4 heteroatoms. The second kappa shape index (κ2) is 10.6. The van der Waals surface area contributed by atoms with E-state index in [1.807, 2.05) is 45.2 Å². The van der Waals surface area contributed by atoms with E-state index in [1.54, 1.807) is 0 Å². The second-order valence-corrected chi connectivity index (χ2v) is 7.15. The number of allylic oxidation sites excluding steroid dienone is 1. The third-order valence-corrected chi connectivity index (χ3v) is 4.23. The van der Waals surface area contributed by atoms with Gasteiger partial charge in [0.05, 0.1) is 0 Å². The molecular weight excluding hydrogens is 338 g/mol. The summed E-state index contributed by atoms with van der Waals surface area (Å²) in [6.07, 6.45) is 3.95. The van der Waals surface area contributed by atoms with Gasteiger partial charge in [0.2, 0.25) is 0 Å². The first-order valence-electron chi connectivity index (χ1n) is 9.47. The van der Waals surface area contributed by atoms with Gasteiger partial charge in [-0.1, -0.05) is 50.6 Å². The Balaban J connectivity index is 0.000000345. The van der Waals surface area contributed by atoms with Gasteiger partial charge in [-0.3, -0.25) is 4.79 Å². The number of carbonyl (C=O) groups is 1. The first-order chi connectivity index (χ1) is 12.7. The Kier molecular flexibility index (Phi) is 8.86. The highest BCUT2D eigenvalue weighted by molar-refractivity contribution is 5.97. The smallest absolute Gasteiger partial charge is 0.308 e. The van der Waals surface area contributed by atoms with Crippen LogP contribution in [0.1, 0.15) is 52.2 Å². The van der Waals surface area contributed by atoms with Crippen molar-refractivity contribution in [1.82, 2.24) is 5.32 Å². The average molecular weight is 372 g/mol. The number of hydrogen-bond donors (Lipinski definition) is 2. The summed E-state index contributed by atoms with van der Waals surface area (Å²) in [5.41, 5.74) is 3.07. The highest BCUT2D eigenvalue weighted by Crippen LogP contribution is 2.40. The third kappa shape index (κ3) is 6.31. The lowest BCUT2D eigenvalue weighted by atomic mass is 9.97. The van der Waals surface area contributed by atoms with Crippen molar-refractivity contribution in [3.05, 3.63) is 47.2 Å². The minimum Gasteiger partial charge on any atom is -0.507 e. The molecule has 27 heavy (non-hydrogen) atoms. The van der Waals surface area contributed by atoms with Gasteiger partial charge in [-0.05, 0) is 44.4 Å². The van der Waals surface area contributed by atoms with Gasteiger partial charge in [-0.2, -0.15) is 0 Å². The van der Waals surface area contributed by atoms with Gasteiger partial charge in [0.15, 0.2) is 0 Å². The summed E-state index contributed by atoms with van der Waals surface area (Å²) in [7, 11) is 1.93. The standard InChI is InChI=1S/C15H16O3.C8H17N/c1-4-11-9(2)14(17)12-7-5-6-8-13(12)15(11)18-10(3)16;1-7(2)5-8(3)6-9-4/h5-8,17H,4H2,1-3H3;6-7,9H,5H2,1-4H3/b;8-6+. The van der Waals surface area contributed by atoms with Crippen LogP contribution in [0.5, 0.6) is 11.5 Å². The van der Waals surface area contributed by atoms with Crippen molar-refractivity contribution in [2.45, 2.75) is 54.4 Å². The van der Waals surface area contributed by atoms with E-state index in [1.165, 1.54) is 18.9 Å². The molecule has 2 aromatic carbocycles. The van der Waals surface area contributed by atoms with Crippen LogP contribution in [0.4, 0.5) is 0 Å². The van der Waals surface area contributed by atoms with E-state index in [4.69, 9.17) is 4.74 Å². The van der Waals surface area contributed by atoms with Gasteiger partial charge in [0, 0.05) is 30.3 Å². The Hall–Kier alpha value is -2.49. The maximum atomic E-state index is 11.2. The number of nitrogens with one attached hydrogen (secondary N) is 1. The molecule has 0 radical (unpaired) electrons. The zero-order valence-corrected chi connectivity index (χ0v) is 17.6. The fraction of sp³-hybridized carbons (Fsp3) is 0.435. The van der Waals surface area contributed by atoms with Crippen LogP contribution in [0, 0.1) is 12.8 Å². The van der Waals surface area contributed by atoms with Gasteiger partial charge in [-0.25, -0.2) is 0 Å². The number of ether oxygens (including phenoxy) is 1. The van der Waals surface area contributed by atoms with E-state index in [9.17, 15) is 9.90 Å². The topological polar surface area (TPSA) is 58.6 Å². The monoisotopic (exact) mass is 371 g/mol. The zero-order chi connectivity index (χ0) is 20.6. The number of rotatable bonds is 5. The number of carbonyl (C=O) groups excluding carboxylic acids is 1. The van der Waals surface area contributed by atoms with E-state index >= 15 is 0 Å². The first kappa shape index (κ1) is 22.6. The molecule has 0 amide bonds. The second-order valence-electron chi connectivity index (χ2n) is 7.15. The minimum absolute atomic E-state index is 0.262. The van der Waals surface area contributed by atoms with Crippen LogP contribution in [0.15, 0.2) is 36.0 Å². The van der Waals surface area contributed by atoms with Crippen molar-refractivity contribution in [3.8, 4) is 11.5 Å². The molecule has 0 saturated heterocycles. The van der Waals surface area contributed by atoms with E-state index < -0.39 is 0 Å². The fourth-order valence-corrected chi connectivity index (χ4v) is 3.20. The van der Waals surface area contributed by atoms with Gasteiger partial charge in [0.1, 0.15) is 11.5 Å². The van der Waals surface area contributed by atoms with Crippen LogP contribution >= 0.6 is 0 Å². The normalized spacial score (nSPS) is 11.2. The van der Waals surface area contributed by atoms with E-state index in [0.29, 0.717) is 17.6 Å². The molecule has 0 fully saturated rings. The molecular formula is C23H33NO3. The van der Waals surface area contributed by atoms with Crippen molar-refractivity contribution in [2.24, 2.45) is 5.92 Å². The molecule has 0 bridgehead atoms. The summed E-state index contributed by atoms with van der Waals surface area (Å²) in [6, 6.07) is 7.39. The summed E-state index contributed by atoms with van der Waals surface area (Å²) >= 11 is 0. The first-order valence-corrected chi connectivity index (χ1v) is 9.47. The van der Waals surface area contributed by atoms with Crippen LogP contribution in [-0.2, 0) is 11.2 Å². The van der Waals surface area contributed by atoms with Gasteiger partial charge in [0.25, 0.3) is 0 Å². The van der Waals surface area contributed by atoms with Crippen molar-refractivity contribution in [1.29, 1.82) is 0 Å². The lowest BCUT2D eigenvalue weighted by Gasteiger charge is -2.16. The number of hydrogen-bond acceptors (Lipinski definition) is 4. The molecule has 0 saturated carbocycles. The number of phenols is 1. The van der Waals surface area contributed by atoms with Crippen molar-refractivity contribution >= 4 is 16.7 Å². The number of aromatic hydroxyl groups is 1. The molecule has 2 N–H and O–H groups in total. The Bertz CT molecular complexity index is 807. The minimum atomic E-state index is -0.347. The van der Waals surface area contributed by atoms with Crippen LogP contribution in [0.25, 0.3) is 10.8 Å². The predicted molar refractivity (Wildman–Crippen MR) is 113 cm³/mol. The highest BCUT2D eigenvalue weighted by atomic mass is 16.5. The van der Waals surface area contributed by atoms with Crippen LogP contribution < -0.4 is 10.1 Å². The quantitative estimate of drug-likeness (QED) is 0.538. The summed E-state index contributed by atoms with van der Waals surface area (Å²) in [5.74, 6) is 1.25. The molecule has 0 unspecified atom stereocenters. The number of benzene rings is 2. The van der Waals surface area contributed by atoms with Crippen molar-refractivity contribution < 1.29 is 14.6 Å². The molecule has 2 aromatic rings. The Morgan fingerprint density at radius 2 is 1.81 bits per heavy atom. The van der Waals surface area contributed by atoms with E-state index in [2.05, 4.69) is 32.3 Å². The molecule has 0 heterocycles. The Morgan fingerprint density at radius 1 is 1.22 bits per heavy atom. The summed E-state index contributed by atoms with van der Waals surface area (Å²) < 4.78 is 5.34. The highest BCUT2D eigenvalue weighted by Gasteiger charge is 2.17. The Labute approximate surface area is 163 Å². The summed E-state index contributed by atoms with van der Waals surface area (Å²) in [4.78, 5) is 11.2. The summed E-state index contributed by atoms with van der Waals surface area (Å²) in [6.45, 7) is 11.8. The van der Waals surface area contributed by atoms with Crippen molar-refractivity contribution in [3.63, 3.8) is 0 Å². The molecule has 4 nitrogen and oxygen atoms in total. The number of phenolic OH excluding ortho intramolecular Hbond substituents is 1. The molecule has 0 atom stereocenters. The molecule has 0 aliphatic heterocycles. The maximum Gasteiger partial charge on any atom is 0.308 e. The van der Waals surface area contributed by atoms with E-state index in [-0.39, 0.29) is 11.7 Å². The average Bonchev–Trinajstić information content (AvgIpc) is 2.59. The van der Waals surface area contributed by atoms with Crippen LogP contribution in [0.3, 0.4) is 0 Å². The fourth-order valence-electron chi connectivity index (χ4n) is 3.20. The number of esters is 1. The largest absolute Gasteiger partial charge is 0.507 e. The molecule has 0 spiro atoms. The van der Waals surface area contributed by atoms with Gasteiger partial charge in [-0.15, -0.1) is 0 Å². The summed E-state index contributed by atoms with van der Waals surface area (Å²) in [5, 5.41) is 14.7. The number of fused-ring (bicyclic) bond motifs is 1. The predicted octanol–water partition coefficient (Wildman–Crippen LogP) is 5.50. The third-order valence-electron chi connectivity index (χ3n) is 4.23. The Morgan fingerprint density at radius 3 is 2.30 bits per heavy atom. The molecule has 2 rings (SSSR count). The van der Waals surface area contributed by atoms with Crippen LogP contribution in [0.2, 0.25) is 0 Å². The van der Waals surface area contributed by atoms with Gasteiger partial charge < -0.3 is 15.2 Å². The molecule has 0 aliphatic rings. The van der Waals surface area contributed by atoms with Gasteiger partial charge >= 0.3 is 5.97 Å². The SMILES string of the molecule is CCc1c(C)c(O)c2ccccc2c1OC(C)=O.CN/C=C(\C)CC(C)C. The maximum absolute atomic E-state index is 11.2. The van der Waals surface area contributed by atoms with Crippen molar-refractivity contribution in [2.75, 3.05) is 7.05 Å². The zero-order valence-electron chi connectivity index (χ0n) is 17.6. The molecule has 148 valence electrons. The molecule has 0 aromatic heterocycles.